The lowest BCUT2D eigenvalue weighted by Crippen LogP contribution is -2.37. The van der Waals surface area contributed by atoms with Gasteiger partial charge in [0.1, 0.15) is 5.82 Å². The Hall–Kier alpha value is -1.13. The SMILES string of the molecule is Cc1cc(N2CCOCC2)c([C@@H](C)N)cc1F. The van der Waals surface area contributed by atoms with Gasteiger partial charge in [-0.1, -0.05) is 0 Å². The van der Waals surface area contributed by atoms with Crippen LogP contribution in [0.25, 0.3) is 0 Å². The molecule has 2 N–H and O–H groups in total. The van der Waals surface area contributed by atoms with Gasteiger partial charge in [-0.2, -0.15) is 0 Å². The van der Waals surface area contributed by atoms with Gasteiger partial charge in [0.2, 0.25) is 0 Å². The molecule has 0 saturated carbocycles. The van der Waals surface area contributed by atoms with E-state index in [4.69, 9.17) is 10.5 Å². The first kappa shape index (κ1) is 12.3. The van der Waals surface area contributed by atoms with E-state index in [9.17, 15) is 4.39 Å². The van der Waals surface area contributed by atoms with E-state index in [1.165, 1.54) is 0 Å². The van der Waals surface area contributed by atoms with E-state index < -0.39 is 0 Å². The average molecular weight is 238 g/mol. The molecule has 1 aromatic carbocycles. The number of nitrogens with two attached hydrogens (primary N) is 1. The van der Waals surface area contributed by atoms with Crippen LogP contribution in [-0.2, 0) is 4.74 Å². The van der Waals surface area contributed by atoms with Gasteiger partial charge in [-0.05, 0) is 37.1 Å². The monoisotopic (exact) mass is 238 g/mol. The Morgan fingerprint density at radius 3 is 2.59 bits per heavy atom. The lowest BCUT2D eigenvalue weighted by molar-refractivity contribution is 0.122. The number of rotatable bonds is 2. The van der Waals surface area contributed by atoms with Crippen molar-refractivity contribution in [3.63, 3.8) is 0 Å². The molecule has 1 aliphatic heterocycles. The molecule has 1 heterocycles. The van der Waals surface area contributed by atoms with Crippen molar-refractivity contribution in [2.45, 2.75) is 19.9 Å². The van der Waals surface area contributed by atoms with E-state index in [1.54, 1.807) is 13.0 Å². The van der Waals surface area contributed by atoms with Crippen LogP contribution >= 0.6 is 0 Å². The fourth-order valence-electron chi connectivity index (χ4n) is 2.12. The second kappa shape index (κ2) is 5.02. The first-order chi connectivity index (χ1) is 8.09. The van der Waals surface area contributed by atoms with E-state index in [0.717, 1.165) is 37.6 Å². The molecule has 0 radical (unpaired) electrons. The summed E-state index contributed by atoms with van der Waals surface area (Å²) < 4.78 is 18.9. The van der Waals surface area contributed by atoms with E-state index in [1.807, 2.05) is 13.0 Å². The molecule has 1 aliphatic rings. The van der Waals surface area contributed by atoms with Crippen molar-refractivity contribution in [1.29, 1.82) is 0 Å². The first-order valence-corrected chi connectivity index (χ1v) is 5.98. The van der Waals surface area contributed by atoms with Crippen LogP contribution in [0.1, 0.15) is 24.1 Å². The molecule has 2 rings (SSSR count). The van der Waals surface area contributed by atoms with Crippen LogP contribution in [0, 0.1) is 12.7 Å². The number of hydrogen-bond donors (Lipinski definition) is 1. The Bertz CT molecular complexity index is 401. The highest BCUT2D eigenvalue weighted by Gasteiger charge is 2.18. The van der Waals surface area contributed by atoms with Crippen LogP contribution in [0.5, 0.6) is 0 Å². The minimum Gasteiger partial charge on any atom is -0.378 e. The van der Waals surface area contributed by atoms with Gasteiger partial charge in [-0.15, -0.1) is 0 Å². The Morgan fingerprint density at radius 1 is 1.35 bits per heavy atom. The Kier molecular flexibility index (Phi) is 3.64. The van der Waals surface area contributed by atoms with Crippen molar-refractivity contribution in [3.8, 4) is 0 Å². The summed E-state index contributed by atoms with van der Waals surface area (Å²) in [5, 5.41) is 0. The molecule has 94 valence electrons. The maximum absolute atomic E-state index is 13.6. The number of ether oxygens (including phenoxy) is 1. The van der Waals surface area contributed by atoms with E-state index >= 15 is 0 Å². The number of nitrogens with zero attached hydrogens (tertiary/aromatic N) is 1. The van der Waals surface area contributed by atoms with Crippen LogP contribution < -0.4 is 10.6 Å². The normalized spacial score (nSPS) is 18.2. The van der Waals surface area contributed by atoms with Gasteiger partial charge < -0.3 is 15.4 Å². The van der Waals surface area contributed by atoms with Gasteiger partial charge in [0.25, 0.3) is 0 Å². The third-order valence-electron chi connectivity index (χ3n) is 3.15. The number of anilines is 1. The van der Waals surface area contributed by atoms with Crippen LogP contribution in [0.4, 0.5) is 10.1 Å². The molecule has 0 unspecified atom stereocenters. The fraction of sp³-hybridized carbons (Fsp3) is 0.538. The Balaban J connectivity index is 2.39. The quantitative estimate of drug-likeness (QED) is 0.856. The van der Waals surface area contributed by atoms with Crippen molar-refractivity contribution >= 4 is 5.69 Å². The minimum absolute atomic E-state index is 0.164. The maximum Gasteiger partial charge on any atom is 0.126 e. The molecule has 1 aromatic rings. The number of hydrogen-bond acceptors (Lipinski definition) is 3. The van der Waals surface area contributed by atoms with Gasteiger partial charge in [0, 0.05) is 24.8 Å². The third kappa shape index (κ3) is 2.58. The first-order valence-electron chi connectivity index (χ1n) is 5.98. The van der Waals surface area contributed by atoms with Crippen molar-refractivity contribution in [3.05, 3.63) is 29.1 Å². The lowest BCUT2D eigenvalue weighted by atomic mass is 10.0. The molecular formula is C13H19FN2O. The molecule has 0 aliphatic carbocycles. The summed E-state index contributed by atoms with van der Waals surface area (Å²) in [6.07, 6.45) is 0. The summed E-state index contributed by atoms with van der Waals surface area (Å²) in [6, 6.07) is 3.28. The fourth-order valence-corrected chi connectivity index (χ4v) is 2.12. The molecule has 3 nitrogen and oxygen atoms in total. The van der Waals surface area contributed by atoms with Gasteiger partial charge in [0.15, 0.2) is 0 Å². The molecule has 0 amide bonds. The third-order valence-corrected chi connectivity index (χ3v) is 3.15. The predicted octanol–water partition coefficient (Wildman–Crippen LogP) is 1.99. The number of halogens is 1. The summed E-state index contributed by atoms with van der Waals surface area (Å²) in [7, 11) is 0. The van der Waals surface area contributed by atoms with Gasteiger partial charge in [-0.3, -0.25) is 0 Å². The van der Waals surface area contributed by atoms with Gasteiger partial charge in [0.05, 0.1) is 13.2 Å². The summed E-state index contributed by atoms with van der Waals surface area (Å²) in [5.41, 5.74) is 8.49. The number of aryl methyl sites for hydroxylation is 1. The second-order valence-electron chi connectivity index (χ2n) is 4.55. The molecule has 1 atom stereocenters. The molecule has 1 saturated heterocycles. The van der Waals surface area contributed by atoms with Gasteiger partial charge in [-0.25, -0.2) is 4.39 Å². The summed E-state index contributed by atoms with van der Waals surface area (Å²) in [4.78, 5) is 2.22. The Labute approximate surface area is 101 Å². The van der Waals surface area contributed by atoms with Crippen molar-refractivity contribution < 1.29 is 9.13 Å². The maximum atomic E-state index is 13.6. The van der Waals surface area contributed by atoms with Crippen molar-refractivity contribution in [1.82, 2.24) is 0 Å². The molecule has 1 fully saturated rings. The average Bonchev–Trinajstić information content (AvgIpc) is 2.33. The summed E-state index contributed by atoms with van der Waals surface area (Å²) in [6.45, 7) is 6.78. The van der Waals surface area contributed by atoms with Crippen LogP contribution in [-0.4, -0.2) is 26.3 Å². The zero-order valence-electron chi connectivity index (χ0n) is 10.4. The van der Waals surface area contributed by atoms with Crippen LogP contribution in [0.3, 0.4) is 0 Å². The van der Waals surface area contributed by atoms with Crippen LogP contribution in [0.2, 0.25) is 0 Å². The largest absolute Gasteiger partial charge is 0.378 e. The standard InChI is InChI=1S/C13H19FN2O/c1-9-7-13(16-3-5-17-6-4-16)11(10(2)15)8-12(9)14/h7-8,10H,3-6,15H2,1-2H3/t10-/m1/s1. The van der Waals surface area contributed by atoms with E-state index in [0.29, 0.717) is 5.56 Å². The Morgan fingerprint density at radius 2 is 2.00 bits per heavy atom. The molecule has 4 heteroatoms. The molecule has 0 spiro atoms. The zero-order chi connectivity index (χ0) is 12.4. The smallest absolute Gasteiger partial charge is 0.126 e. The minimum atomic E-state index is -0.186. The molecular weight excluding hydrogens is 219 g/mol. The second-order valence-corrected chi connectivity index (χ2v) is 4.55. The van der Waals surface area contributed by atoms with E-state index in [-0.39, 0.29) is 11.9 Å². The molecule has 17 heavy (non-hydrogen) atoms. The topological polar surface area (TPSA) is 38.5 Å². The number of morpholine rings is 1. The highest BCUT2D eigenvalue weighted by Crippen LogP contribution is 2.28. The predicted molar refractivity (Wildman–Crippen MR) is 66.8 cm³/mol. The number of benzene rings is 1. The highest BCUT2D eigenvalue weighted by atomic mass is 19.1. The zero-order valence-corrected chi connectivity index (χ0v) is 10.4. The molecule has 0 aromatic heterocycles. The van der Waals surface area contributed by atoms with E-state index in [2.05, 4.69) is 4.90 Å². The molecule has 0 bridgehead atoms. The van der Waals surface area contributed by atoms with Gasteiger partial charge >= 0.3 is 0 Å². The summed E-state index contributed by atoms with van der Waals surface area (Å²) in [5.74, 6) is -0.186. The van der Waals surface area contributed by atoms with Crippen molar-refractivity contribution in [2.24, 2.45) is 5.73 Å². The highest BCUT2D eigenvalue weighted by molar-refractivity contribution is 5.57. The van der Waals surface area contributed by atoms with Crippen LogP contribution in [0.15, 0.2) is 12.1 Å². The van der Waals surface area contributed by atoms with Crippen molar-refractivity contribution in [2.75, 3.05) is 31.2 Å². The lowest BCUT2D eigenvalue weighted by Gasteiger charge is -2.31. The summed E-state index contributed by atoms with van der Waals surface area (Å²) >= 11 is 0.